The van der Waals surface area contributed by atoms with Gasteiger partial charge >= 0.3 is 0 Å². The lowest BCUT2D eigenvalue weighted by atomic mass is 9.86. The van der Waals surface area contributed by atoms with Crippen molar-refractivity contribution in [1.82, 2.24) is 0 Å². The van der Waals surface area contributed by atoms with Crippen LogP contribution in [-0.2, 0) is 6.54 Å². The molecule has 1 aliphatic heterocycles. The molecule has 0 unspecified atom stereocenters. The molecule has 3 aromatic rings. The average molecular weight is 502 g/mol. The number of aliphatic imine (C=N–C) groups is 1. The van der Waals surface area contributed by atoms with E-state index in [0.29, 0.717) is 5.92 Å². The Hall–Kier alpha value is -3.85. The van der Waals surface area contributed by atoms with Crippen molar-refractivity contribution in [3.05, 3.63) is 115 Å². The maximum Gasteiger partial charge on any atom is 0.0478 e. The van der Waals surface area contributed by atoms with E-state index in [2.05, 4.69) is 126 Å². The maximum absolute atomic E-state index is 4.65. The minimum atomic E-state index is 0.552. The number of anilines is 2. The van der Waals surface area contributed by atoms with Crippen molar-refractivity contribution in [2.24, 2.45) is 10.9 Å². The van der Waals surface area contributed by atoms with E-state index in [1.165, 1.54) is 71.4 Å². The Bertz CT molecular complexity index is 1320. The molecule has 1 aliphatic carbocycles. The van der Waals surface area contributed by atoms with Gasteiger partial charge in [-0.25, -0.2) is 0 Å². The topological polar surface area (TPSA) is 18.8 Å². The van der Waals surface area contributed by atoms with Gasteiger partial charge in [-0.1, -0.05) is 86.5 Å². The van der Waals surface area contributed by atoms with E-state index in [9.17, 15) is 0 Å². The number of benzene rings is 3. The minimum absolute atomic E-state index is 0.552. The van der Waals surface area contributed by atoms with Gasteiger partial charge in [0.25, 0.3) is 0 Å². The van der Waals surface area contributed by atoms with E-state index in [4.69, 9.17) is 0 Å². The summed E-state index contributed by atoms with van der Waals surface area (Å²) in [5.41, 5.74) is 9.75. The molecule has 0 atom stereocenters. The van der Waals surface area contributed by atoms with Gasteiger partial charge in [-0.15, -0.1) is 0 Å². The Morgan fingerprint density at radius 3 is 2.24 bits per heavy atom. The van der Waals surface area contributed by atoms with E-state index < -0.39 is 0 Å². The van der Waals surface area contributed by atoms with Crippen molar-refractivity contribution in [2.75, 3.05) is 23.9 Å². The highest BCUT2D eigenvalue weighted by molar-refractivity contribution is 6.00. The van der Waals surface area contributed by atoms with Gasteiger partial charge in [-0.3, -0.25) is 4.99 Å². The maximum atomic E-state index is 4.65. The van der Waals surface area contributed by atoms with Gasteiger partial charge in [0.05, 0.1) is 0 Å². The largest absolute Gasteiger partial charge is 0.378 e. The molecule has 0 spiro atoms. The summed E-state index contributed by atoms with van der Waals surface area (Å²) >= 11 is 0. The molecule has 0 saturated heterocycles. The molecular weight excluding hydrogens is 462 g/mol. The molecule has 1 fully saturated rings. The second-order valence-electron chi connectivity index (χ2n) is 10.7. The van der Waals surface area contributed by atoms with Crippen LogP contribution >= 0.6 is 0 Å². The molecule has 3 nitrogen and oxygen atoms in total. The van der Waals surface area contributed by atoms with Gasteiger partial charge in [0.1, 0.15) is 0 Å². The molecule has 194 valence electrons. The fourth-order valence-electron chi connectivity index (χ4n) is 5.43. The van der Waals surface area contributed by atoms with Crippen LogP contribution in [0.25, 0.3) is 17.2 Å². The molecule has 0 amide bonds. The molecule has 0 bridgehead atoms. The molecule has 0 N–H and O–H groups in total. The molecule has 3 heteroatoms. The fourth-order valence-corrected chi connectivity index (χ4v) is 5.43. The third kappa shape index (κ3) is 6.34. The standard InChI is InChI=1S/C35H39N3/c1-27(30-10-5-4-6-11-30)38(35-13-7-9-28(25-35)16-21-33-12-8-24-36-33)26-29-14-17-31(18-15-29)32-19-22-34(23-20-32)37(2)3/h7-9,13-25,30H,1,4-6,10-12,26H2,2-3H3/b21-16+. The summed E-state index contributed by atoms with van der Waals surface area (Å²) in [6.45, 7) is 5.47. The predicted molar refractivity (Wildman–Crippen MR) is 165 cm³/mol. The van der Waals surface area contributed by atoms with Crippen LogP contribution in [0.15, 0.2) is 108 Å². The van der Waals surface area contributed by atoms with Crippen molar-refractivity contribution in [3.8, 4) is 11.1 Å². The summed E-state index contributed by atoms with van der Waals surface area (Å²) < 4.78 is 0. The Balaban J connectivity index is 1.38. The SMILES string of the molecule is C=C(C1CCCCC1)N(Cc1ccc(-c2ccc(N(C)C)cc2)cc1)c1cccc(/C=C/C2=NC=CC2)c1. The molecule has 5 rings (SSSR count). The van der Waals surface area contributed by atoms with Crippen LogP contribution in [0.3, 0.4) is 0 Å². The van der Waals surface area contributed by atoms with Crippen LogP contribution in [-0.4, -0.2) is 19.8 Å². The number of hydrogen-bond acceptors (Lipinski definition) is 3. The molecule has 1 saturated carbocycles. The van der Waals surface area contributed by atoms with Gasteiger partial charge in [0.15, 0.2) is 0 Å². The minimum Gasteiger partial charge on any atom is -0.378 e. The number of nitrogens with zero attached hydrogens (tertiary/aromatic N) is 3. The smallest absolute Gasteiger partial charge is 0.0478 e. The number of hydrogen-bond donors (Lipinski definition) is 0. The third-order valence-electron chi connectivity index (χ3n) is 7.76. The highest BCUT2D eigenvalue weighted by atomic mass is 15.1. The lowest BCUT2D eigenvalue weighted by molar-refractivity contribution is 0.396. The van der Waals surface area contributed by atoms with Gasteiger partial charge in [0, 0.05) is 56.0 Å². The van der Waals surface area contributed by atoms with E-state index >= 15 is 0 Å². The second-order valence-corrected chi connectivity index (χ2v) is 10.7. The zero-order chi connectivity index (χ0) is 26.3. The summed E-state index contributed by atoms with van der Waals surface area (Å²) in [7, 11) is 4.15. The van der Waals surface area contributed by atoms with Crippen molar-refractivity contribution in [3.63, 3.8) is 0 Å². The van der Waals surface area contributed by atoms with E-state index in [-0.39, 0.29) is 0 Å². The number of rotatable bonds is 9. The zero-order valence-electron chi connectivity index (χ0n) is 22.8. The van der Waals surface area contributed by atoms with Crippen molar-refractivity contribution < 1.29 is 0 Å². The highest BCUT2D eigenvalue weighted by Gasteiger charge is 2.22. The first-order chi connectivity index (χ1) is 18.6. The summed E-state index contributed by atoms with van der Waals surface area (Å²) in [5, 5.41) is 0. The zero-order valence-corrected chi connectivity index (χ0v) is 22.8. The molecule has 1 heterocycles. The Morgan fingerprint density at radius 1 is 0.868 bits per heavy atom. The number of allylic oxidation sites excluding steroid dienone is 3. The van der Waals surface area contributed by atoms with Crippen LogP contribution in [0.1, 0.15) is 49.7 Å². The van der Waals surface area contributed by atoms with Crippen LogP contribution in [0, 0.1) is 5.92 Å². The van der Waals surface area contributed by atoms with Gasteiger partial charge in [-0.2, -0.15) is 0 Å². The van der Waals surface area contributed by atoms with Crippen LogP contribution < -0.4 is 9.80 Å². The predicted octanol–water partition coefficient (Wildman–Crippen LogP) is 8.89. The molecule has 38 heavy (non-hydrogen) atoms. The molecule has 0 radical (unpaired) electrons. The molecule has 0 aromatic heterocycles. The Morgan fingerprint density at radius 2 is 1.58 bits per heavy atom. The summed E-state index contributed by atoms with van der Waals surface area (Å²) in [6, 6.07) is 26.6. The summed E-state index contributed by atoms with van der Waals surface area (Å²) in [5.74, 6) is 0.552. The van der Waals surface area contributed by atoms with Crippen LogP contribution in [0.5, 0.6) is 0 Å². The van der Waals surface area contributed by atoms with Gasteiger partial charge < -0.3 is 9.80 Å². The summed E-state index contributed by atoms with van der Waals surface area (Å²) in [4.78, 5) is 8.99. The lowest BCUT2D eigenvalue weighted by Crippen LogP contribution is -2.27. The Labute approximate surface area is 228 Å². The molecule has 2 aliphatic rings. The molecular formula is C35H39N3. The fraction of sp³-hybridized carbons (Fsp3) is 0.286. The first-order valence-corrected chi connectivity index (χ1v) is 13.9. The first-order valence-electron chi connectivity index (χ1n) is 13.9. The van der Waals surface area contributed by atoms with E-state index in [1.807, 2.05) is 6.20 Å². The summed E-state index contributed by atoms with van der Waals surface area (Å²) in [6.07, 6.45) is 15.6. The lowest BCUT2D eigenvalue weighted by Gasteiger charge is -2.34. The van der Waals surface area contributed by atoms with Crippen LogP contribution in [0.2, 0.25) is 0 Å². The quantitative estimate of drug-likeness (QED) is 0.291. The van der Waals surface area contributed by atoms with Gasteiger partial charge in [-0.05, 0) is 71.4 Å². The van der Waals surface area contributed by atoms with E-state index in [1.54, 1.807) is 0 Å². The van der Waals surface area contributed by atoms with Gasteiger partial charge in [0.2, 0.25) is 0 Å². The second kappa shape index (κ2) is 12.1. The van der Waals surface area contributed by atoms with Crippen molar-refractivity contribution >= 4 is 23.2 Å². The van der Waals surface area contributed by atoms with Crippen LogP contribution in [0.4, 0.5) is 11.4 Å². The third-order valence-corrected chi connectivity index (χ3v) is 7.76. The first kappa shape index (κ1) is 25.8. The molecule has 3 aromatic carbocycles. The van der Waals surface area contributed by atoms with Crippen molar-refractivity contribution in [2.45, 2.75) is 45.1 Å². The average Bonchev–Trinajstić information content (AvgIpc) is 3.49. The van der Waals surface area contributed by atoms with Crippen molar-refractivity contribution in [1.29, 1.82) is 0 Å². The Kier molecular flexibility index (Phi) is 8.23. The highest BCUT2D eigenvalue weighted by Crippen LogP contribution is 2.35. The van der Waals surface area contributed by atoms with E-state index in [0.717, 1.165) is 18.7 Å². The monoisotopic (exact) mass is 501 g/mol. The normalized spacial score (nSPS) is 15.6.